The van der Waals surface area contributed by atoms with Crippen LogP contribution in [0, 0.1) is 5.92 Å². The minimum absolute atomic E-state index is 0.0212. The topological polar surface area (TPSA) is 51.0 Å². The number of likely N-dealkylation sites (tertiary alicyclic amines) is 1. The zero-order valence-electron chi connectivity index (χ0n) is 16.6. The van der Waals surface area contributed by atoms with Crippen LogP contribution in [0.1, 0.15) is 64.0 Å². The fourth-order valence-electron chi connectivity index (χ4n) is 4.11. The average molecular weight is 396 g/mol. The number of nitrogens with zero attached hydrogens (tertiary/aromatic N) is 4. The van der Waals surface area contributed by atoms with Crippen molar-refractivity contribution in [3.05, 3.63) is 34.1 Å². The molecule has 0 amide bonds. The van der Waals surface area contributed by atoms with Crippen LogP contribution in [0.4, 0.5) is 13.2 Å². The lowest BCUT2D eigenvalue weighted by molar-refractivity contribution is -0.141. The predicted octanol–water partition coefficient (Wildman–Crippen LogP) is 4.40. The van der Waals surface area contributed by atoms with E-state index < -0.39 is 17.4 Å². The van der Waals surface area contributed by atoms with Gasteiger partial charge in [0.05, 0.1) is 23.1 Å². The van der Waals surface area contributed by atoms with E-state index in [9.17, 15) is 18.0 Å². The van der Waals surface area contributed by atoms with Gasteiger partial charge in [0.2, 0.25) is 0 Å². The number of hydrogen-bond donors (Lipinski definition) is 0. The third kappa shape index (κ3) is 4.06. The number of piperidine rings is 1. The second-order valence-corrected chi connectivity index (χ2v) is 7.65. The highest BCUT2D eigenvalue weighted by atomic mass is 19.4. The van der Waals surface area contributed by atoms with Gasteiger partial charge in [-0.2, -0.15) is 13.2 Å². The fourth-order valence-corrected chi connectivity index (χ4v) is 4.11. The van der Waals surface area contributed by atoms with Crippen LogP contribution in [0.3, 0.4) is 0 Å². The molecule has 0 spiro atoms. The molecule has 2 aromatic heterocycles. The quantitative estimate of drug-likeness (QED) is 0.752. The number of halogens is 3. The number of pyridine rings is 1. The van der Waals surface area contributed by atoms with Crippen molar-refractivity contribution >= 4 is 10.9 Å². The molecule has 0 aromatic carbocycles. The maximum Gasteiger partial charge on any atom is 0.433 e. The van der Waals surface area contributed by atoms with Gasteiger partial charge in [0, 0.05) is 13.1 Å². The van der Waals surface area contributed by atoms with Crippen LogP contribution in [-0.4, -0.2) is 32.5 Å². The second kappa shape index (κ2) is 8.19. The van der Waals surface area contributed by atoms with Crippen molar-refractivity contribution in [2.24, 2.45) is 5.92 Å². The Labute approximate surface area is 162 Å². The monoisotopic (exact) mass is 396 g/mol. The Morgan fingerprint density at radius 2 is 2.07 bits per heavy atom. The number of fused-ring (bicyclic) bond motifs is 1. The maximum absolute atomic E-state index is 13.0. The second-order valence-electron chi connectivity index (χ2n) is 7.65. The summed E-state index contributed by atoms with van der Waals surface area (Å²) in [6, 6.07) is 0.797. The first-order valence-electron chi connectivity index (χ1n) is 9.98. The third-order valence-corrected chi connectivity index (χ3v) is 5.47. The van der Waals surface area contributed by atoms with Gasteiger partial charge < -0.3 is 0 Å². The van der Waals surface area contributed by atoms with Gasteiger partial charge in [-0.3, -0.25) is 14.3 Å². The van der Waals surface area contributed by atoms with E-state index in [2.05, 4.69) is 28.7 Å². The van der Waals surface area contributed by atoms with E-state index in [0.29, 0.717) is 18.3 Å². The van der Waals surface area contributed by atoms with Crippen molar-refractivity contribution in [3.8, 4) is 0 Å². The highest BCUT2D eigenvalue weighted by Gasteiger charge is 2.34. The highest BCUT2D eigenvalue weighted by Crippen LogP contribution is 2.31. The number of aromatic nitrogens is 3. The summed E-state index contributed by atoms with van der Waals surface area (Å²) >= 11 is 0. The molecule has 0 saturated carbocycles. The maximum atomic E-state index is 13.0. The van der Waals surface area contributed by atoms with Crippen LogP contribution in [0.25, 0.3) is 10.9 Å². The molecule has 0 aliphatic carbocycles. The molecule has 28 heavy (non-hydrogen) atoms. The molecule has 1 fully saturated rings. The van der Waals surface area contributed by atoms with Crippen molar-refractivity contribution in [1.29, 1.82) is 0 Å². The summed E-state index contributed by atoms with van der Waals surface area (Å²) in [5.41, 5.74) is -1.27. The van der Waals surface area contributed by atoms with Gasteiger partial charge in [-0.05, 0) is 44.7 Å². The molecule has 3 rings (SSSR count). The molecule has 8 heteroatoms. The lowest BCUT2D eigenvalue weighted by atomic mass is 9.97. The Bertz CT molecular complexity index is 893. The van der Waals surface area contributed by atoms with Crippen molar-refractivity contribution in [2.75, 3.05) is 13.1 Å². The Hall–Kier alpha value is -1.96. The van der Waals surface area contributed by atoms with Gasteiger partial charge in [-0.25, -0.2) is 9.97 Å². The summed E-state index contributed by atoms with van der Waals surface area (Å²) in [7, 11) is 0. The van der Waals surface area contributed by atoms with Gasteiger partial charge in [0.1, 0.15) is 11.5 Å². The predicted molar refractivity (Wildman–Crippen MR) is 102 cm³/mol. The third-order valence-electron chi connectivity index (χ3n) is 5.47. The molecule has 5 nitrogen and oxygen atoms in total. The van der Waals surface area contributed by atoms with Crippen molar-refractivity contribution in [1.82, 2.24) is 19.4 Å². The first-order valence-corrected chi connectivity index (χ1v) is 9.98. The van der Waals surface area contributed by atoms with Crippen LogP contribution < -0.4 is 5.56 Å². The van der Waals surface area contributed by atoms with Gasteiger partial charge in [-0.15, -0.1) is 0 Å². The van der Waals surface area contributed by atoms with E-state index in [1.807, 2.05) is 6.92 Å². The fraction of sp³-hybridized carbons (Fsp3) is 0.650. The number of hydrogen-bond acceptors (Lipinski definition) is 4. The molecule has 0 N–H and O–H groups in total. The molecule has 2 atom stereocenters. The Morgan fingerprint density at radius 3 is 2.68 bits per heavy atom. The lowest BCUT2D eigenvalue weighted by Gasteiger charge is -2.37. The summed E-state index contributed by atoms with van der Waals surface area (Å²) in [4.78, 5) is 23.5. The number of rotatable bonds is 5. The van der Waals surface area contributed by atoms with Gasteiger partial charge >= 0.3 is 6.18 Å². The first kappa shape index (κ1) is 20.8. The van der Waals surface area contributed by atoms with Gasteiger partial charge in [0.25, 0.3) is 5.56 Å². The molecule has 3 heterocycles. The van der Waals surface area contributed by atoms with Crippen LogP contribution in [0.2, 0.25) is 0 Å². The molecule has 2 aromatic rings. The standard InChI is InChI=1S/C20H27F3N4O/c1-4-7-16(26-9-6-8-13(3)12-26)18-25-15-11-24-17(20(21,22)23)10-14(15)19(28)27(18)5-2/h10-11,13,16H,4-9,12H2,1-3H3/t13-,16+/m1/s1. The molecule has 0 radical (unpaired) electrons. The summed E-state index contributed by atoms with van der Waals surface area (Å²) in [6.07, 6.45) is 0.542. The molecule has 0 unspecified atom stereocenters. The van der Waals surface area contributed by atoms with Crippen molar-refractivity contribution in [2.45, 2.75) is 65.2 Å². The van der Waals surface area contributed by atoms with Gasteiger partial charge in [-0.1, -0.05) is 20.3 Å². The van der Waals surface area contributed by atoms with Crippen LogP contribution in [0.5, 0.6) is 0 Å². The van der Waals surface area contributed by atoms with E-state index in [0.717, 1.165) is 44.6 Å². The SMILES string of the molecule is CCC[C@@H](c1nc2cnc(C(F)(F)F)cc2c(=O)n1CC)N1CCC[C@@H](C)C1. The van der Waals surface area contributed by atoms with E-state index >= 15 is 0 Å². The van der Waals surface area contributed by atoms with E-state index in [-0.39, 0.29) is 16.9 Å². The van der Waals surface area contributed by atoms with Crippen LogP contribution in [-0.2, 0) is 12.7 Å². The molecule has 0 bridgehead atoms. The molecule has 1 saturated heterocycles. The van der Waals surface area contributed by atoms with Crippen molar-refractivity contribution in [3.63, 3.8) is 0 Å². The van der Waals surface area contributed by atoms with Crippen molar-refractivity contribution < 1.29 is 13.2 Å². The highest BCUT2D eigenvalue weighted by molar-refractivity contribution is 5.77. The summed E-state index contributed by atoms with van der Waals surface area (Å²) in [5.74, 6) is 1.21. The lowest BCUT2D eigenvalue weighted by Crippen LogP contribution is -2.40. The molecule has 154 valence electrons. The molecular weight excluding hydrogens is 369 g/mol. The Morgan fingerprint density at radius 1 is 1.32 bits per heavy atom. The summed E-state index contributed by atoms with van der Waals surface area (Å²) in [6.45, 7) is 8.38. The zero-order chi connectivity index (χ0) is 20.5. The van der Waals surface area contributed by atoms with E-state index in [4.69, 9.17) is 0 Å². The molecular formula is C20H27F3N4O. The van der Waals surface area contributed by atoms with Crippen LogP contribution in [0.15, 0.2) is 17.1 Å². The normalized spacial score (nSPS) is 19.9. The van der Waals surface area contributed by atoms with Gasteiger partial charge in [0.15, 0.2) is 0 Å². The smallest absolute Gasteiger partial charge is 0.295 e. The Kier molecular flexibility index (Phi) is 6.07. The molecule has 1 aliphatic rings. The van der Waals surface area contributed by atoms with E-state index in [1.54, 1.807) is 0 Å². The summed E-state index contributed by atoms with van der Waals surface area (Å²) < 4.78 is 40.6. The average Bonchev–Trinajstić information content (AvgIpc) is 2.65. The number of alkyl halides is 3. The molecule has 1 aliphatic heterocycles. The van der Waals surface area contributed by atoms with E-state index in [1.165, 1.54) is 11.0 Å². The van der Waals surface area contributed by atoms with Crippen LogP contribution >= 0.6 is 0 Å². The largest absolute Gasteiger partial charge is 0.433 e. The zero-order valence-corrected chi connectivity index (χ0v) is 16.6. The Balaban J connectivity index is 2.14. The first-order chi connectivity index (χ1) is 13.3. The summed E-state index contributed by atoms with van der Waals surface area (Å²) in [5, 5.41) is -0.0322. The minimum Gasteiger partial charge on any atom is -0.295 e. The minimum atomic E-state index is -4.59.